The lowest BCUT2D eigenvalue weighted by Gasteiger charge is -2.33. The second kappa shape index (κ2) is 7.13. The average molecular weight is 426 g/mol. The number of hydroxylamine groups is 1. The third-order valence-electron chi connectivity index (χ3n) is 5.81. The number of fused-ring (bicyclic) bond motifs is 6. The van der Waals surface area contributed by atoms with Crippen LogP contribution >= 0.6 is 0 Å². The first kappa shape index (κ1) is 18.5. The summed E-state index contributed by atoms with van der Waals surface area (Å²) in [7, 11) is 0. The van der Waals surface area contributed by atoms with Crippen molar-refractivity contribution in [3.63, 3.8) is 0 Å². The number of carbonyl (C=O) groups excluding carboxylic acids is 1. The van der Waals surface area contributed by atoms with E-state index in [-0.39, 0.29) is 18.1 Å². The van der Waals surface area contributed by atoms with Gasteiger partial charge in [-0.25, -0.2) is 23.9 Å². The van der Waals surface area contributed by atoms with Gasteiger partial charge in [-0.1, -0.05) is 0 Å². The van der Waals surface area contributed by atoms with Crippen LogP contribution in [-0.4, -0.2) is 57.5 Å². The summed E-state index contributed by atoms with van der Waals surface area (Å²) in [5, 5.41) is 8.83. The Labute approximate surface area is 175 Å². The molecule has 3 aliphatic rings. The third kappa shape index (κ3) is 3.08. The van der Waals surface area contributed by atoms with Crippen LogP contribution in [0.2, 0.25) is 0 Å². The first-order valence-corrected chi connectivity index (χ1v) is 10.1. The van der Waals surface area contributed by atoms with Crippen molar-refractivity contribution in [2.24, 2.45) is 0 Å². The van der Waals surface area contributed by atoms with Crippen molar-refractivity contribution in [3.8, 4) is 5.88 Å². The van der Waals surface area contributed by atoms with Crippen LogP contribution in [0.4, 0.5) is 10.2 Å². The van der Waals surface area contributed by atoms with E-state index in [0.29, 0.717) is 61.1 Å². The summed E-state index contributed by atoms with van der Waals surface area (Å²) in [6.45, 7) is 1.22. The van der Waals surface area contributed by atoms with Gasteiger partial charge in [-0.3, -0.25) is 9.63 Å². The molecule has 0 saturated carbocycles. The minimum absolute atomic E-state index is 0.295. The highest BCUT2D eigenvalue weighted by atomic mass is 19.1. The minimum Gasteiger partial charge on any atom is -0.472 e. The van der Waals surface area contributed by atoms with Crippen LogP contribution in [0.15, 0.2) is 30.7 Å². The predicted octanol–water partition coefficient (Wildman–Crippen LogP) is 1.43. The van der Waals surface area contributed by atoms with Crippen LogP contribution in [0.3, 0.4) is 0 Å². The van der Waals surface area contributed by atoms with Crippen LogP contribution in [0.1, 0.15) is 34.8 Å². The fourth-order valence-electron chi connectivity index (χ4n) is 4.28. The Morgan fingerprint density at radius 3 is 3.10 bits per heavy atom. The Morgan fingerprint density at radius 2 is 2.16 bits per heavy atom. The van der Waals surface area contributed by atoms with Crippen LogP contribution in [0, 0.1) is 5.82 Å². The van der Waals surface area contributed by atoms with E-state index in [2.05, 4.69) is 20.4 Å². The maximum Gasteiger partial charge on any atom is 0.257 e. The summed E-state index contributed by atoms with van der Waals surface area (Å²) >= 11 is 0. The zero-order valence-electron chi connectivity index (χ0n) is 16.4. The molecule has 3 atom stereocenters. The Kier molecular flexibility index (Phi) is 4.25. The number of nitrogens with zero attached hydrogens (tertiary/aromatic N) is 5. The molecule has 10 nitrogen and oxygen atoms in total. The Hall–Kier alpha value is -3.31. The van der Waals surface area contributed by atoms with Crippen molar-refractivity contribution >= 4 is 17.4 Å². The monoisotopic (exact) mass is 426 g/mol. The number of ether oxygens (including phenoxy) is 2. The van der Waals surface area contributed by atoms with E-state index in [4.69, 9.17) is 14.3 Å². The molecule has 1 amide bonds. The molecule has 31 heavy (non-hydrogen) atoms. The number of halogens is 1. The lowest BCUT2D eigenvalue weighted by Crippen LogP contribution is -2.52. The van der Waals surface area contributed by atoms with Gasteiger partial charge in [0.25, 0.3) is 5.91 Å². The highest BCUT2D eigenvalue weighted by molar-refractivity contribution is 6.00. The average Bonchev–Trinajstić information content (AvgIpc) is 3.42. The summed E-state index contributed by atoms with van der Waals surface area (Å²) in [4.78, 5) is 27.7. The normalized spacial score (nSPS) is 25.5. The van der Waals surface area contributed by atoms with Gasteiger partial charge in [0.1, 0.15) is 17.5 Å². The van der Waals surface area contributed by atoms with E-state index in [1.165, 1.54) is 16.8 Å². The van der Waals surface area contributed by atoms with E-state index >= 15 is 0 Å². The minimum atomic E-state index is -0.461. The van der Waals surface area contributed by atoms with Crippen molar-refractivity contribution in [2.45, 2.75) is 31.0 Å². The predicted molar refractivity (Wildman–Crippen MR) is 104 cm³/mol. The number of carbonyl (C=O) groups is 1. The Bertz CT molecular complexity index is 1170. The first-order valence-electron chi connectivity index (χ1n) is 10.1. The quantitative estimate of drug-likeness (QED) is 0.576. The van der Waals surface area contributed by atoms with Crippen LogP contribution in [-0.2, 0) is 9.57 Å². The highest BCUT2D eigenvalue weighted by Gasteiger charge is 2.36. The Balaban J connectivity index is 1.54. The summed E-state index contributed by atoms with van der Waals surface area (Å²) in [6.07, 6.45) is 5.10. The molecule has 0 radical (unpaired) electrons. The zero-order chi connectivity index (χ0) is 20.9. The standard InChI is InChI=1S/C20H19FN6O4/c21-11-7-12-15-2-6-30-27(15)17-1-4-26-18(25-17)13(9-23-26)19(28)24-14-10-29-5-3-16(14)31-20(12)22-8-11/h1,4,7-9,14-16H,2-3,5-6,10H2,(H,24,28)/t14-,15+,16+/m1/s1. The van der Waals surface area contributed by atoms with Gasteiger partial charge in [0.05, 0.1) is 44.3 Å². The molecule has 1 N–H and O–H groups in total. The van der Waals surface area contributed by atoms with Gasteiger partial charge in [-0.2, -0.15) is 5.10 Å². The van der Waals surface area contributed by atoms with Crippen molar-refractivity contribution in [2.75, 3.05) is 24.9 Å². The van der Waals surface area contributed by atoms with Crippen molar-refractivity contribution in [3.05, 3.63) is 47.7 Å². The lowest BCUT2D eigenvalue weighted by atomic mass is 10.0. The van der Waals surface area contributed by atoms with Crippen LogP contribution in [0.5, 0.6) is 5.88 Å². The summed E-state index contributed by atoms with van der Waals surface area (Å²) in [5.41, 5.74) is 1.31. The molecule has 160 valence electrons. The third-order valence-corrected chi connectivity index (χ3v) is 5.81. The number of hydrogen-bond donors (Lipinski definition) is 1. The second-order valence-corrected chi connectivity index (χ2v) is 7.72. The number of anilines is 1. The van der Waals surface area contributed by atoms with E-state index in [9.17, 15) is 9.18 Å². The van der Waals surface area contributed by atoms with Gasteiger partial charge in [-0.05, 0) is 6.07 Å². The van der Waals surface area contributed by atoms with Gasteiger partial charge in [0, 0.05) is 30.7 Å². The molecule has 0 aliphatic carbocycles. The number of hydrogen-bond acceptors (Lipinski definition) is 8. The van der Waals surface area contributed by atoms with Gasteiger partial charge in [-0.15, -0.1) is 0 Å². The molecular weight excluding hydrogens is 407 g/mol. The molecule has 3 aliphatic heterocycles. The van der Waals surface area contributed by atoms with E-state index in [1.807, 2.05) is 0 Å². The smallest absolute Gasteiger partial charge is 0.257 e. The molecule has 2 bridgehead atoms. The number of nitrogens with one attached hydrogen (secondary N) is 1. The maximum atomic E-state index is 14.2. The Morgan fingerprint density at radius 1 is 1.23 bits per heavy atom. The van der Waals surface area contributed by atoms with Crippen molar-refractivity contribution in [1.82, 2.24) is 24.9 Å². The molecule has 0 spiro atoms. The number of pyridine rings is 1. The molecule has 2 saturated heterocycles. The molecule has 3 aromatic rings. The van der Waals surface area contributed by atoms with Gasteiger partial charge in [0.15, 0.2) is 11.5 Å². The zero-order valence-corrected chi connectivity index (χ0v) is 16.4. The highest BCUT2D eigenvalue weighted by Crippen LogP contribution is 2.38. The van der Waals surface area contributed by atoms with E-state index in [1.54, 1.807) is 17.3 Å². The van der Waals surface area contributed by atoms with Crippen LogP contribution < -0.4 is 15.1 Å². The van der Waals surface area contributed by atoms with Crippen molar-refractivity contribution in [1.29, 1.82) is 0 Å². The summed E-state index contributed by atoms with van der Waals surface area (Å²) in [5.74, 6) is 0.0159. The van der Waals surface area contributed by atoms with Gasteiger partial charge >= 0.3 is 0 Å². The molecule has 2 fully saturated rings. The number of rotatable bonds is 0. The SMILES string of the molecule is O=C1N[C@@H]2COCC[C@@H]2Oc2ncc(F)cc2[C@@H]2CCON2c2ccn3ncc1c3n2. The van der Waals surface area contributed by atoms with E-state index < -0.39 is 11.9 Å². The summed E-state index contributed by atoms with van der Waals surface area (Å²) < 4.78 is 27.5. The van der Waals surface area contributed by atoms with E-state index in [0.717, 1.165) is 6.20 Å². The fourth-order valence-corrected chi connectivity index (χ4v) is 4.28. The van der Waals surface area contributed by atoms with Gasteiger partial charge in [0.2, 0.25) is 5.88 Å². The topological polar surface area (TPSA) is 103 Å². The molecule has 11 heteroatoms. The van der Waals surface area contributed by atoms with Crippen molar-refractivity contribution < 1.29 is 23.5 Å². The molecule has 0 unspecified atom stereocenters. The fraction of sp³-hybridized carbons (Fsp3) is 0.400. The maximum absolute atomic E-state index is 14.2. The van der Waals surface area contributed by atoms with Gasteiger partial charge < -0.3 is 14.8 Å². The number of amides is 1. The van der Waals surface area contributed by atoms with Crippen LogP contribution in [0.25, 0.3) is 5.65 Å². The molecule has 0 aromatic carbocycles. The number of aromatic nitrogens is 4. The summed E-state index contributed by atoms with van der Waals surface area (Å²) in [6, 6.07) is 2.41. The molecule has 3 aromatic heterocycles. The first-order chi connectivity index (χ1) is 15.2. The molecule has 6 heterocycles. The second-order valence-electron chi connectivity index (χ2n) is 7.72. The molecular formula is C20H19FN6O4. The lowest BCUT2D eigenvalue weighted by molar-refractivity contribution is -0.00506. The molecule has 6 rings (SSSR count). The largest absolute Gasteiger partial charge is 0.472 e.